The zero-order valence-corrected chi connectivity index (χ0v) is 12.0. The average Bonchev–Trinajstić information content (AvgIpc) is 2.82. The van der Waals surface area contributed by atoms with E-state index < -0.39 is 12.1 Å². The molecule has 0 aromatic carbocycles. The summed E-state index contributed by atoms with van der Waals surface area (Å²) in [5.74, 6) is -0.926. The molecule has 2 atom stereocenters. The van der Waals surface area contributed by atoms with Crippen molar-refractivity contribution in [1.29, 1.82) is 0 Å². The Morgan fingerprint density at radius 3 is 2.29 bits per heavy atom. The Morgan fingerprint density at radius 2 is 1.76 bits per heavy atom. The molecule has 2 aliphatic carbocycles. The second kappa shape index (κ2) is 6.85. The molecular formula is C14H23F3N2O2. The van der Waals surface area contributed by atoms with Crippen LogP contribution >= 0.6 is 0 Å². The maximum absolute atomic E-state index is 12.5. The summed E-state index contributed by atoms with van der Waals surface area (Å²) in [6, 6.07) is -0.482. The number of hydrogen-bond donors (Lipinski definition) is 3. The fraction of sp³-hybridized carbons (Fsp3) is 0.929. The van der Waals surface area contributed by atoms with Crippen LogP contribution in [0.25, 0.3) is 0 Å². The van der Waals surface area contributed by atoms with Crippen molar-refractivity contribution in [2.75, 3.05) is 6.54 Å². The van der Waals surface area contributed by atoms with Gasteiger partial charge < -0.3 is 15.7 Å². The molecule has 0 bridgehead atoms. The van der Waals surface area contributed by atoms with Crippen LogP contribution in [0.15, 0.2) is 0 Å². The Morgan fingerprint density at radius 1 is 1.10 bits per heavy atom. The van der Waals surface area contributed by atoms with Gasteiger partial charge in [-0.15, -0.1) is 0 Å². The quantitative estimate of drug-likeness (QED) is 0.750. The molecule has 2 saturated carbocycles. The van der Waals surface area contributed by atoms with Crippen LogP contribution in [0.1, 0.15) is 44.9 Å². The third-order valence-corrected chi connectivity index (χ3v) is 4.59. The molecule has 122 valence electrons. The lowest BCUT2D eigenvalue weighted by atomic mass is 9.86. The first-order chi connectivity index (χ1) is 9.84. The molecule has 2 rings (SSSR count). The van der Waals surface area contributed by atoms with E-state index >= 15 is 0 Å². The molecule has 0 aromatic rings. The zero-order chi connectivity index (χ0) is 15.5. The SMILES string of the molecule is O=C(NC[C@H]1CC[C@@H](O)C1)NC1CCC(C(F)(F)F)CC1. The molecule has 2 amide bonds. The van der Waals surface area contributed by atoms with Gasteiger partial charge in [-0.25, -0.2) is 4.79 Å². The summed E-state index contributed by atoms with van der Waals surface area (Å²) in [5, 5.41) is 14.9. The molecule has 0 radical (unpaired) electrons. The molecule has 0 saturated heterocycles. The smallest absolute Gasteiger partial charge is 0.391 e. The first-order valence-electron chi connectivity index (χ1n) is 7.63. The highest BCUT2D eigenvalue weighted by Crippen LogP contribution is 2.37. The summed E-state index contributed by atoms with van der Waals surface area (Å²) in [6.07, 6.45) is -1.08. The highest BCUT2D eigenvalue weighted by Gasteiger charge is 2.41. The Hall–Kier alpha value is -0.980. The van der Waals surface area contributed by atoms with Crippen molar-refractivity contribution in [3.63, 3.8) is 0 Å². The molecule has 3 N–H and O–H groups in total. The van der Waals surface area contributed by atoms with Crippen LogP contribution in [0, 0.1) is 11.8 Å². The highest BCUT2D eigenvalue weighted by molar-refractivity contribution is 5.74. The van der Waals surface area contributed by atoms with Crippen molar-refractivity contribution < 1.29 is 23.1 Å². The maximum atomic E-state index is 12.5. The van der Waals surface area contributed by atoms with Crippen molar-refractivity contribution in [2.24, 2.45) is 11.8 Å². The first kappa shape index (κ1) is 16.4. The van der Waals surface area contributed by atoms with E-state index in [1.165, 1.54) is 0 Å². The van der Waals surface area contributed by atoms with Crippen LogP contribution < -0.4 is 10.6 Å². The van der Waals surface area contributed by atoms with Gasteiger partial charge in [-0.05, 0) is 50.9 Å². The monoisotopic (exact) mass is 308 g/mol. The van der Waals surface area contributed by atoms with Crippen molar-refractivity contribution in [3.05, 3.63) is 0 Å². The molecule has 0 aromatic heterocycles. The number of amides is 2. The minimum atomic E-state index is -4.11. The van der Waals surface area contributed by atoms with Crippen molar-refractivity contribution in [3.8, 4) is 0 Å². The van der Waals surface area contributed by atoms with Gasteiger partial charge in [0.2, 0.25) is 0 Å². The van der Waals surface area contributed by atoms with Gasteiger partial charge >= 0.3 is 12.2 Å². The number of carbonyl (C=O) groups is 1. The number of hydrogen-bond acceptors (Lipinski definition) is 2. The van der Waals surface area contributed by atoms with E-state index in [0.717, 1.165) is 12.8 Å². The molecule has 0 aliphatic heterocycles. The van der Waals surface area contributed by atoms with E-state index in [1.807, 2.05) is 0 Å². The van der Waals surface area contributed by atoms with Crippen LogP contribution in [0.2, 0.25) is 0 Å². The van der Waals surface area contributed by atoms with Crippen LogP contribution in [0.5, 0.6) is 0 Å². The standard InChI is InChI=1S/C14H23F3N2O2/c15-14(16,17)10-2-4-11(5-3-10)19-13(21)18-8-9-1-6-12(20)7-9/h9-12,20H,1-8H2,(H2,18,19,21)/t9-,10?,11?,12+/m0/s1. The number of alkyl halides is 3. The van der Waals surface area contributed by atoms with E-state index in [4.69, 9.17) is 0 Å². The number of aliphatic hydroxyl groups excluding tert-OH is 1. The molecule has 2 fully saturated rings. The molecule has 0 spiro atoms. The van der Waals surface area contributed by atoms with Crippen LogP contribution in [0.4, 0.5) is 18.0 Å². The van der Waals surface area contributed by atoms with Gasteiger partial charge in [0, 0.05) is 12.6 Å². The molecule has 0 unspecified atom stereocenters. The number of carbonyl (C=O) groups excluding carboxylic acids is 1. The van der Waals surface area contributed by atoms with Gasteiger partial charge in [-0.3, -0.25) is 0 Å². The molecule has 0 heterocycles. The number of aliphatic hydroxyl groups is 1. The second-order valence-corrected chi connectivity index (χ2v) is 6.28. The highest BCUT2D eigenvalue weighted by atomic mass is 19.4. The lowest BCUT2D eigenvalue weighted by molar-refractivity contribution is -0.182. The van der Waals surface area contributed by atoms with Crippen molar-refractivity contribution in [1.82, 2.24) is 10.6 Å². The minimum Gasteiger partial charge on any atom is -0.393 e. The van der Waals surface area contributed by atoms with Crippen LogP contribution in [0.3, 0.4) is 0 Å². The van der Waals surface area contributed by atoms with Gasteiger partial charge in [-0.2, -0.15) is 13.2 Å². The van der Waals surface area contributed by atoms with E-state index in [1.54, 1.807) is 0 Å². The van der Waals surface area contributed by atoms with E-state index in [2.05, 4.69) is 10.6 Å². The van der Waals surface area contributed by atoms with Gasteiger partial charge in [0.15, 0.2) is 0 Å². The Kier molecular flexibility index (Phi) is 5.35. The zero-order valence-electron chi connectivity index (χ0n) is 12.0. The predicted octanol–water partition coefficient (Wildman–Crippen LogP) is 2.57. The summed E-state index contributed by atoms with van der Waals surface area (Å²) < 4.78 is 37.6. The first-order valence-corrected chi connectivity index (χ1v) is 7.63. The van der Waals surface area contributed by atoms with E-state index in [0.29, 0.717) is 31.7 Å². The van der Waals surface area contributed by atoms with Gasteiger partial charge in [0.1, 0.15) is 0 Å². The lowest BCUT2D eigenvalue weighted by Gasteiger charge is -2.30. The summed E-state index contributed by atoms with van der Waals surface area (Å²) in [5.41, 5.74) is 0. The van der Waals surface area contributed by atoms with Crippen LogP contribution in [-0.2, 0) is 0 Å². The molecule has 2 aliphatic rings. The van der Waals surface area contributed by atoms with Crippen molar-refractivity contribution in [2.45, 2.75) is 63.3 Å². The largest absolute Gasteiger partial charge is 0.393 e. The fourth-order valence-corrected chi connectivity index (χ4v) is 3.27. The minimum absolute atomic E-state index is 0.0866. The van der Waals surface area contributed by atoms with Gasteiger partial charge in [0.05, 0.1) is 12.0 Å². The predicted molar refractivity (Wildman–Crippen MR) is 71.7 cm³/mol. The Labute approximate surface area is 122 Å². The number of urea groups is 1. The number of nitrogens with one attached hydrogen (secondary N) is 2. The normalized spacial score (nSPS) is 33.7. The molecule has 21 heavy (non-hydrogen) atoms. The van der Waals surface area contributed by atoms with Gasteiger partial charge in [0.25, 0.3) is 0 Å². The lowest BCUT2D eigenvalue weighted by Crippen LogP contribution is -2.45. The maximum Gasteiger partial charge on any atom is 0.391 e. The number of rotatable bonds is 3. The third-order valence-electron chi connectivity index (χ3n) is 4.59. The summed E-state index contributed by atoms with van der Waals surface area (Å²) in [7, 11) is 0. The average molecular weight is 308 g/mol. The summed E-state index contributed by atoms with van der Waals surface area (Å²) >= 11 is 0. The Bertz CT molecular complexity index is 355. The molecule has 7 heteroatoms. The van der Waals surface area contributed by atoms with E-state index in [-0.39, 0.29) is 31.0 Å². The van der Waals surface area contributed by atoms with Crippen molar-refractivity contribution >= 4 is 6.03 Å². The topological polar surface area (TPSA) is 61.4 Å². The third kappa shape index (κ3) is 5.05. The summed E-state index contributed by atoms with van der Waals surface area (Å²) in [6.45, 7) is 0.515. The fourth-order valence-electron chi connectivity index (χ4n) is 3.27. The molecule has 4 nitrogen and oxygen atoms in total. The molecular weight excluding hydrogens is 285 g/mol. The van der Waals surface area contributed by atoms with Gasteiger partial charge in [-0.1, -0.05) is 0 Å². The summed E-state index contributed by atoms with van der Waals surface area (Å²) in [4.78, 5) is 11.7. The Balaban J connectivity index is 1.63. The second-order valence-electron chi connectivity index (χ2n) is 6.28. The van der Waals surface area contributed by atoms with Crippen LogP contribution in [-0.4, -0.2) is 36.0 Å². The number of halogens is 3. The van der Waals surface area contributed by atoms with E-state index in [9.17, 15) is 23.1 Å².